The summed E-state index contributed by atoms with van der Waals surface area (Å²) >= 11 is 0. The Hall–Kier alpha value is -0.890. The molecule has 0 radical (unpaired) electrons. The maximum absolute atomic E-state index is 4.59. The van der Waals surface area contributed by atoms with Crippen LogP contribution in [-0.4, -0.2) is 18.1 Å². The Morgan fingerprint density at radius 1 is 1.47 bits per heavy atom. The van der Waals surface area contributed by atoms with E-state index in [1.807, 2.05) is 6.20 Å². The largest absolute Gasteiger partial charge is 0.316 e. The van der Waals surface area contributed by atoms with Crippen LogP contribution in [0.1, 0.15) is 50.3 Å². The maximum Gasteiger partial charge on any atom is 0.0466 e. The molecule has 0 aliphatic heterocycles. The summed E-state index contributed by atoms with van der Waals surface area (Å²) < 4.78 is 0. The maximum atomic E-state index is 4.59. The average Bonchev–Trinajstić information content (AvgIpc) is 2.34. The molecule has 0 fully saturated rings. The lowest BCUT2D eigenvalue weighted by molar-refractivity contribution is 0.469. The number of aromatic nitrogens is 1. The number of fused-ring (bicyclic) bond motifs is 1. The highest BCUT2D eigenvalue weighted by Crippen LogP contribution is 2.31. The van der Waals surface area contributed by atoms with E-state index in [0.717, 1.165) is 19.0 Å². The predicted molar refractivity (Wildman–Crippen MR) is 72.2 cm³/mol. The molecular formula is C15H24N2. The van der Waals surface area contributed by atoms with Gasteiger partial charge in [0.25, 0.3) is 0 Å². The van der Waals surface area contributed by atoms with Gasteiger partial charge in [-0.1, -0.05) is 19.9 Å². The Labute approximate surface area is 105 Å². The second kappa shape index (κ2) is 6.15. The van der Waals surface area contributed by atoms with Crippen molar-refractivity contribution in [2.24, 2.45) is 5.92 Å². The van der Waals surface area contributed by atoms with Crippen LogP contribution in [0.25, 0.3) is 0 Å². The van der Waals surface area contributed by atoms with E-state index in [9.17, 15) is 0 Å². The molecular weight excluding hydrogens is 208 g/mol. The van der Waals surface area contributed by atoms with Gasteiger partial charge >= 0.3 is 0 Å². The molecule has 1 aliphatic rings. The van der Waals surface area contributed by atoms with Crippen molar-refractivity contribution < 1.29 is 0 Å². The fraction of sp³-hybridized carbons (Fsp3) is 0.667. The van der Waals surface area contributed by atoms with E-state index in [0.29, 0.717) is 5.92 Å². The first-order valence-corrected chi connectivity index (χ1v) is 6.92. The lowest BCUT2D eigenvalue weighted by Gasteiger charge is -2.24. The number of nitrogens with zero attached hydrogens (tertiary/aromatic N) is 1. The van der Waals surface area contributed by atoms with E-state index in [1.54, 1.807) is 0 Å². The van der Waals surface area contributed by atoms with E-state index < -0.39 is 0 Å². The lowest BCUT2D eigenvalue weighted by atomic mass is 9.84. The van der Waals surface area contributed by atoms with Gasteiger partial charge in [-0.05, 0) is 56.3 Å². The van der Waals surface area contributed by atoms with Gasteiger partial charge in [0.1, 0.15) is 0 Å². The third-order valence-electron chi connectivity index (χ3n) is 3.53. The zero-order valence-electron chi connectivity index (χ0n) is 11.1. The minimum absolute atomic E-state index is 0.680. The molecule has 1 aliphatic carbocycles. The van der Waals surface area contributed by atoms with Crippen LogP contribution in [0.5, 0.6) is 0 Å². The van der Waals surface area contributed by atoms with Crippen LogP contribution < -0.4 is 5.32 Å². The normalized spacial score (nSPS) is 19.4. The van der Waals surface area contributed by atoms with E-state index in [4.69, 9.17) is 0 Å². The summed E-state index contributed by atoms with van der Waals surface area (Å²) in [4.78, 5) is 4.59. The second-order valence-corrected chi connectivity index (χ2v) is 5.52. The molecule has 0 spiro atoms. The zero-order chi connectivity index (χ0) is 12.1. The smallest absolute Gasteiger partial charge is 0.0466 e. The quantitative estimate of drug-likeness (QED) is 0.789. The molecule has 1 aromatic heterocycles. The van der Waals surface area contributed by atoms with E-state index >= 15 is 0 Å². The fourth-order valence-electron chi connectivity index (χ4n) is 2.65. The Kier molecular flexibility index (Phi) is 4.55. The van der Waals surface area contributed by atoms with Crippen molar-refractivity contribution >= 4 is 0 Å². The molecule has 0 aromatic carbocycles. The summed E-state index contributed by atoms with van der Waals surface area (Å²) in [6, 6.07) is 4.31. The SMILES string of the molecule is CC(C)CNCCC1CCCc2cccnc21. The molecule has 17 heavy (non-hydrogen) atoms. The van der Waals surface area contributed by atoms with Crippen LogP contribution in [0, 0.1) is 5.92 Å². The molecule has 94 valence electrons. The van der Waals surface area contributed by atoms with Crippen molar-refractivity contribution in [2.75, 3.05) is 13.1 Å². The minimum Gasteiger partial charge on any atom is -0.316 e. The monoisotopic (exact) mass is 232 g/mol. The zero-order valence-corrected chi connectivity index (χ0v) is 11.1. The minimum atomic E-state index is 0.680. The Bertz CT molecular complexity index is 347. The molecule has 0 saturated carbocycles. The first kappa shape index (κ1) is 12.6. The predicted octanol–water partition coefficient (Wildman–Crippen LogP) is 3.14. The summed E-state index contributed by atoms with van der Waals surface area (Å²) in [5.74, 6) is 1.42. The van der Waals surface area contributed by atoms with Gasteiger partial charge in [0.15, 0.2) is 0 Å². The van der Waals surface area contributed by atoms with Gasteiger partial charge in [-0.3, -0.25) is 4.98 Å². The highest BCUT2D eigenvalue weighted by molar-refractivity contribution is 5.25. The van der Waals surface area contributed by atoms with E-state index in [-0.39, 0.29) is 0 Å². The number of aryl methyl sites for hydroxylation is 1. The summed E-state index contributed by atoms with van der Waals surface area (Å²) in [5, 5.41) is 3.54. The van der Waals surface area contributed by atoms with Crippen LogP contribution in [0.2, 0.25) is 0 Å². The molecule has 2 heteroatoms. The van der Waals surface area contributed by atoms with Gasteiger partial charge in [0.2, 0.25) is 0 Å². The molecule has 1 aromatic rings. The van der Waals surface area contributed by atoms with Crippen molar-refractivity contribution in [1.29, 1.82) is 0 Å². The van der Waals surface area contributed by atoms with E-state index in [1.165, 1.54) is 36.9 Å². The summed E-state index contributed by atoms with van der Waals surface area (Å²) in [7, 11) is 0. The Balaban J connectivity index is 1.86. The van der Waals surface area contributed by atoms with Crippen molar-refractivity contribution in [3.05, 3.63) is 29.6 Å². The van der Waals surface area contributed by atoms with Crippen LogP contribution in [0.15, 0.2) is 18.3 Å². The highest BCUT2D eigenvalue weighted by Gasteiger charge is 2.20. The molecule has 1 unspecified atom stereocenters. The van der Waals surface area contributed by atoms with Gasteiger partial charge in [-0.25, -0.2) is 0 Å². The average molecular weight is 232 g/mol. The molecule has 0 amide bonds. The number of hydrogen-bond donors (Lipinski definition) is 1. The second-order valence-electron chi connectivity index (χ2n) is 5.52. The number of pyridine rings is 1. The first-order chi connectivity index (χ1) is 8.27. The van der Waals surface area contributed by atoms with Gasteiger partial charge in [-0.15, -0.1) is 0 Å². The molecule has 2 rings (SSSR count). The Morgan fingerprint density at radius 2 is 2.35 bits per heavy atom. The number of hydrogen-bond acceptors (Lipinski definition) is 2. The lowest BCUT2D eigenvalue weighted by Crippen LogP contribution is -2.23. The fourth-order valence-corrected chi connectivity index (χ4v) is 2.65. The van der Waals surface area contributed by atoms with Crippen molar-refractivity contribution in [3.8, 4) is 0 Å². The van der Waals surface area contributed by atoms with Crippen LogP contribution in [0.3, 0.4) is 0 Å². The number of rotatable bonds is 5. The van der Waals surface area contributed by atoms with Gasteiger partial charge < -0.3 is 5.32 Å². The van der Waals surface area contributed by atoms with Crippen molar-refractivity contribution in [1.82, 2.24) is 10.3 Å². The molecule has 0 bridgehead atoms. The third-order valence-corrected chi connectivity index (χ3v) is 3.53. The van der Waals surface area contributed by atoms with Crippen LogP contribution in [-0.2, 0) is 6.42 Å². The van der Waals surface area contributed by atoms with E-state index in [2.05, 4.69) is 36.3 Å². The summed E-state index contributed by atoms with van der Waals surface area (Å²) in [5.41, 5.74) is 2.85. The van der Waals surface area contributed by atoms with Gasteiger partial charge in [0.05, 0.1) is 0 Å². The molecule has 1 N–H and O–H groups in total. The number of nitrogens with one attached hydrogen (secondary N) is 1. The van der Waals surface area contributed by atoms with Crippen LogP contribution in [0.4, 0.5) is 0 Å². The molecule has 0 saturated heterocycles. The standard InChI is InChI=1S/C15H24N2/c1-12(2)11-16-10-8-14-6-3-5-13-7-4-9-17-15(13)14/h4,7,9,12,14,16H,3,5-6,8,10-11H2,1-2H3. The van der Waals surface area contributed by atoms with Crippen LogP contribution >= 0.6 is 0 Å². The third kappa shape index (κ3) is 3.53. The van der Waals surface area contributed by atoms with Crippen molar-refractivity contribution in [2.45, 2.75) is 45.4 Å². The first-order valence-electron chi connectivity index (χ1n) is 6.92. The Morgan fingerprint density at radius 3 is 3.18 bits per heavy atom. The van der Waals surface area contributed by atoms with Gasteiger partial charge in [0, 0.05) is 17.8 Å². The molecule has 1 heterocycles. The molecule has 1 atom stereocenters. The molecule has 2 nitrogen and oxygen atoms in total. The highest BCUT2D eigenvalue weighted by atomic mass is 14.9. The summed E-state index contributed by atoms with van der Waals surface area (Å²) in [6.07, 6.45) is 7.04. The summed E-state index contributed by atoms with van der Waals surface area (Å²) in [6.45, 7) is 6.76. The van der Waals surface area contributed by atoms with Gasteiger partial charge in [-0.2, -0.15) is 0 Å². The van der Waals surface area contributed by atoms with Crippen molar-refractivity contribution in [3.63, 3.8) is 0 Å². The topological polar surface area (TPSA) is 24.9 Å².